The predicted molar refractivity (Wildman–Crippen MR) is 77.9 cm³/mol. The van der Waals surface area contributed by atoms with Gasteiger partial charge in [0.1, 0.15) is 5.01 Å². The molecule has 0 unspecified atom stereocenters. The number of nitro groups is 1. The largest absolute Gasteiger partial charge is 0.365 e. The number of hydrogen-bond donors (Lipinski definition) is 2. The molecule has 19 heavy (non-hydrogen) atoms. The summed E-state index contributed by atoms with van der Waals surface area (Å²) in [6.07, 6.45) is 2.65. The summed E-state index contributed by atoms with van der Waals surface area (Å²) < 4.78 is 0. The van der Waals surface area contributed by atoms with Crippen molar-refractivity contribution in [1.82, 2.24) is 15.6 Å². The minimum atomic E-state index is -0.518. The topological polar surface area (TPSA) is 80.1 Å². The van der Waals surface area contributed by atoms with Crippen LogP contribution in [0.5, 0.6) is 0 Å². The molecule has 102 valence electrons. The minimum absolute atomic E-state index is 0.300. The molecule has 1 aromatic rings. The van der Waals surface area contributed by atoms with Crippen molar-refractivity contribution in [3.8, 4) is 12.0 Å². The van der Waals surface area contributed by atoms with Crippen molar-refractivity contribution < 1.29 is 4.92 Å². The molecule has 0 aliphatic rings. The first-order valence-corrected chi connectivity index (χ1v) is 7.49. The molecule has 1 rings (SSSR count). The molecule has 0 aliphatic carbocycles. The van der Waals surface area contributed by atoms with Crippen LogP contribution in [0.4, 0.5) is 0 Å². The molecule has 0 saturated heterocycles. The highest BCUT2D eigenvalue weighted by molar-refractivity contribution is 7.98. The van der Waals surface area contributed by atoms with Crippen LogP contribution in [-0.4, -0.2) is 22.2 Å². The van der Waals surface area contributed by atoms with Gasteiger partial charge in [-0.1, -0.05) is 5.92 Å². The van der Waals surface area contributed by atoms with Crippen molar-refractivity contribution in [3.63, 3.8) is 0 Å². The van der Waals surface area contributed by atoms with Crippen LogP contribution < -0.4 is 10.6 Å². The van der Waals surface area contributed by atoms with Crippen molar-refractivity contribution in [3.05, 3.63) is 38.7 Å². The van der Waals surface area contributed by atoms with Crippen LogP contribution in [0, 0.1) is 22.1 Å². The van der Waals surface area contributed by atoms with Crippen LogP contribution in [0.25, 0.3) is 0 Å². The lowest BCUT2D eigenvalue weighted by Crippen LogP contribution is -2.26. The highest BCUT2D eigenvalue weighted by atomic mass is 32.2. The third kappa shape index (κ3) is 7.33. The van der Waals surface area contributed by atoms with E-state index in [1.54, 1.807) is 36.2 Å². The van der Waals surface area contributed by atoms with Gasteiger partial charge >= 0.3 is 0 Å². The van der Waals surface area contributed by atoms with Crippen LogP contribution in [0.1, 0.15) is 11.9 Å². The summed E-state index contributed by atoms with van der Waals surface area (Å²) in [7, 11) is 0. The van der Waals surface area contributed by atoms with E-state index in [0.29, 0.717) is 12.4 Å². The SMILES string of the molecule is CC#CNC(=C[N+](=O)[O-])NCCSCc1nccs1. The van der Waals surface area contributed by atoms with Crippen molar-refractivity contribution in [2.75, 3.05) is 12.3 Å². The number of thioether (sulfide) groups is 1. The molecular formula is C11H14N4O2S2. The number of rotatable bonds is 8. The van der Waals surface area contributed by atoms with Gasteiger partial charge in [0.2, 0.25) is 0 Å². The van der Waals surface area contributed by atoms with Crippen LogP contribution in [-0.2, 0) is 5.75 Å². The van der Waals surface area contributed by atoms with Gasteiger partial charge in [-0.15, -0.1) is 11.3 Å². The quantitative estimate of drug-likeness (QED) is 0.249. The molecule has 2 N–H and O–H groups in total. The van der Waals surface area contributed by atoms with Crippen LogP contribution in [0.15, 0.2) is 23.6 Å². The standard InChI is InChI=1S/C11H14N4O2S2/c1-2-3-12-10(8-15(16)17)13-4-6-18-9-11-14-5-7-19-11/h5,7-8,12-13H,4,6,9H2,1H3. The lowest BCUT2D eigenvalue weighted by molar-refractivity contribution is -0.404. The maximum absolute atomic E-state index is 10.4. The molecule has 0 amide bonds. The van der Waals surface area contributed by atoms with E-state index in [2.05, 4.69) is 27.6 Å². The summed E-state index contributed by atoms with van der Waals surface area (Å²) >= 11 is 3.34. The van der Waals surface area contributed by atoms with Crippen LogP contribution in [0.2, 0.25) is 0 Å². The van der Waals surface area contributed by atoms with Gasteiger partial charge in [-0.25, -0.2) is 4.98 Å². The third-order valence-corrected chi connectivity index (χ3v) is 3.76. The fraction of sp³-hybridized carbons (Fsp3) is 0.364. The molecule has 6 nitrogen and oxygen atoms in total. The molecule has 0 spiro atoms. The fourth-order valence-electron chi connectivity index (χ4n) is 1.10. The lowest BCUT2D eigenvalue weighted by Gasteiger charge is -2.06. The summed E-state index contributed by atoms with van der Waals surface area (Å²) in [4.78, 5) is 14.1. The van der Waals surface area contributed by atoms with Gasteiger partial charge < -0.3 is 5.32 Å². The molecule has 0 radical (unpaired) electrons. The number of aromatic nitrogens is 1. The van der Waals surface area contributed by atoms with Gasteiger partial charge in [-0.05, 0) is 6.92 Å². The Bertz CT molecular complexity index is 477. The van der Waals surface area contributed by atoms with Crippen LogP contribution >= 0.6 is 23.1 Å². The van der Waals surface area contributed by atoms with E-state index < -0.39 is 4.92 Å². The predicted octanol–water partition coefficient (Wildman–Crippen LogP) is 1.61. The molecule has 0 atom stereocenters. The highest BCUT2D eigenvalue weighted by Crippen LogP contribution is 2.13. The zero-order chi connectivity index (χ0) is 13.9. The molecular weight excluding hydrogens is 284 g/mol. The fourth-order valence-corrected chi connectivity index (χ4v) is 2.66. The lowest BCUT2D eigenvalue weighted by atomic mass is 10.6. The summed E-state index contributed by atoms with van der Waals surface area (Å²) in [5.74, 6) is 4.60. The summed E-state index contributed by atoms with van der Waals surface area (Å²) in [5.41, 5.74) is 0. The summed E-state index contributed by atoms with van der Waals surface area (Å²) in [6.45, 7) is 2.27. The first kappa shape index (κ1) is 15.3. The zero-order valence-electron chi connectivity index (χ0n) is 10.4. The molecule has 0 aromatic carbocycles. The maximum atomic E-state index is 10.4. The van der Waals surface area contributed by atoms with Gasteiger partial charge in [0.25, 0.3) is 6.20 Å². The molecule has 0 bridgehead atoms. The highest BCUT2D eigenvalue weighted by Gasteiger charge is 2.01. The van der Waals surface area contributed by atoms with Crippen LogP contribution in [0.3, 0.4) is 0 Å². The second-order valence-corrected chi connectivity index (χ2v) is 5.32. The van der Waals surface area contributed by atoms with Gasteiger partial charge in [0.15, 0.2) is 5.82 Å². The molecule has 1 heterocycles. The van der Waals surface area contributed by atoms with E-state index in [1.807, 2.05) is 5.38 Å². The monoisotopic (exact) mass is 298 g/mol. The first-order chi connectivity index (χ1) is 9.22. The Morgan fingerprint density at radius 2 is 2.58 bits per heavy atom. The van der Waals surface area contributed by atoms with Gasteiger partial charge in [-0.3, -0.25) is 15.4 Å². The average Bonchev–Trinajstić information content (AvgIpc) is 2.87. The normalized spacial score (nSPS) is 10.5. The van der Waals surface area contributed by atoms with E-state index in [0.717, 1.165) is 22.7 Å². The number of hydrogen-bond acceptors (Lipinski definition) is 7. The second kappa shape index (κ2) is 9.24. The summed E-state index contributed by atoms with van der Waals surface area (Å²) in [5, 5.41) is 19.0. The van der Waals surface area contributed by atoms with E-state index in [9.17, 15) is 10.1 Å². The molecule has 0 fully saturated rings. The Morgan fingerprint density at radius 3 is 3.21 bits per heavy atom. The number of nitrogens with one attached hydrogen (secondary N) is 2. The second-order valence-electron chi connectivity index (χ2n) is 3.23. The Hall–Kier alpha value is -1.72. The number of thiazole rings is 1. The Kier molecular flexibility index (Phi) is 7.46. The number of nitrogens with zero attached hydrogens (tertiary/aromatic N) is 2. The molecule has 1 aromatic heterocycles. The molecule has 8 heteroatoms. The Labute approximate surface area is 119 Å². The first-order valence-electron chi connectivity index (χ1n) is 5.45. The van der Waals surface area contributed by atoms with E-state index in [4.69, 9.17) is 0 Å². The zero-order valence-corrected chi connectivity index (χ0v) is 12.0. The molecule has 0 saturated carbocycles. The Morgan fingerprint density at radius 1 is 1.74 bits per heavy atom. The van der Waals surface area contributed by atoms with E-state index in [1.165, 1.54) is 0 Å². The van der Waals surface area contributed by atoms with Crippen molar-refractivity contribution in [2.45, 2.75) is 12.7 Å². The van der Waals surface area contributed by atoms with E-state index in [-0.39, 0.29) is 0 Å². The Balaban J connectivity index is 2.23. The third-order valence-electron chi connectivity index (χ3n) is 1.83. The maximum Gasteiger partial charge on any atom is 0.275 e. The van der Waals surface area contributed by atoms with Gasteiger partial charge in [0.05, 0.1) is 4.92 Å². The smallest absolute Gasteiger partial charge is 0.275 e. The van der Waals surface area contributed by atoms with Crippen molar-refractivity contribution in [2.24, 2.45) is 0 Å². The van der Waals surface area contributed by atoms with Crippen molar-refractivity contribution >= 4 is 23.1 Å². The van der Waals surface area contributed by atoms with E-state index >= 15 is 0 Å². The minimum Gasteiger partial charge on any atom is -0.365 e. The van der Waals surface area contributed by atoms with Gasteiger partial charge in [0, 0.05) is 35.7 Å². The van der Waals surface area contributed by atoms with Gasteiger partial charge in [-0.2, -0.15) is 11.8 Å². The summed E-state index contributed by atoms with van der Waals surface area (Å²) in [6, 6.07) is 2.57. The average molecular weight is 298 g/mol. The molecule has 0 aliphatic heterocycles. The van der Waals surface area contributed by atoms with Crippen molar-refractivity contribution in [1.29, 1.82) is 0 Å².